The lowest BCUT2D eigenvalue weighted by Crippen LogP contribution is -2.16. The number of anilines is 1. The topological polar surface area (TPSA) is 82.5 Å². The molecule has 0 bridgehead atoms. The first-order valence-corrected chi connectivity index (χ1v) is 9.52. The molecule has 22 heavy (non-hydrogen) atoms. The van der Waals surface area contributed by atoms with Crippen molar-refractivity contribution < 1.29 is 8.95 Å². The average molecular weight is 387 g/mol. The minimum atomic E-state index is -1.32. The highest BCUT2D eigenvalue weighted by Gasteiger charge is 2.17. The Morgan fingerprint density at radius 3 is 2.95 bits per heavy atom. The van der Waals surface area contributed by atoms with E-state index in [0.717, 1.165) is 4.47 Å². The molecule has 0 aliphatic heterocycles. The molecule has 1 fully saturated rings. The first kappa shape index (κ1) is 15.9. The molecule has 6 nitrogen and oxygen atoms in total. The maximum atomic E-state index is 12.5. The lowest BCUT2D eigenvalue weighted by Gasteiger charge is -2.21. The van der Waals surface area contributed by atoms with Crippen molar-refractivity contribution in [3.8, 4) is 0 Å². The number of fused-ring (bicyclic) bond motifs is 1. The number of hydrogen-bond donors (Lipinski definition) is 1. The number of hydrogen-bond acceptors (Lipinski definition) is 5. The van der Waals surface area contributed by atoms with Crippen LogP contribution in [0, 0.1) is 5.92 Å². The second kappa shape index (κ2) is 7.06. The van der Waals surface area contributed by atoms with Gasteiger partial charge in [-0.25, -0.2) is 9.50 Å². The maximum Gasteiger partial charge on any atom is 0.172 e. The predicted molar refractivity (Wildman–Crippen MR) is 88.9 cm³/mol. The summed E-state index contributed by atoms with van der Waals surface area (Å²) in [5.41, 5.74) is 6.35. The fourth-order valence-corrected chi connectivity index (χ4v) is 4.09. The number of nitrogens with two attached hydrogens (primary N) is 1. The molecule has 2 aromatic heterocycles. The van der Waals surface area contributed by atoms with Gasteiger partial charge in [-0.15, -0.1) is 0 Å². The third kappa shape index (κ3) is 3.49. The Morgan fingerprint density at radius 1 is 1.41 bits per heavy atom. The molecule has 0 spiro atoms. The summed E-state index contributed by atoms with van der Waals surface area (Å²) >= 11 is 3.36. The molecule has 0 aromatic carbocycles. The first-order chi connectivity index (χ1) is 10.6. The van der Waals surface area contributed by atoms with Crippen molar-refractivity contribution in [2.75, 3.05) is 18.3 Å². The fraction of sp³-hybridized carbons (Fsp3) is 0.571. The smallest absolute Gasteiger partial charge is 0.172 e. The molecule has 1 unspecified atom stereocenters. The minimum absolute atomic E-state index is 0.159. The molecule has 0 radical (unpaired) electrons. The normalized spacial score (nSPS) is 17.9. The molecule has 120 valence electrons. The van der Waals surface area contributed by atoms with E-state index in [1.165, 1.54) is 32.1 Å². The van der Waals surface area contributed by atoms with Gasteiger partial charge in [0, 0.05) is 6.07 Å². The van der Waals surface area contributed by atoms with Crippen LogP contribution in [-0.2, 0) is 15.5 Å². The number of ether oxygens (including phenoxy) is 1. The van der Waals surface area contributed by atoms with Crippen LogP contribution in [0.15, 0.2) is 21.8 Å². The zero-order valence-corrected chi connectivity index (χ0v) is 14.6. The first-order valence-electron chi connectivity index (χ1n) is 7.41. The molecule has 8 heteroatoms. The van der Waals surface area contributed by atoms with E-state index in [2.05, 4.69) is 26.0 Å². The molecule has 0 saturated heterocycles. The Balaban J connectivity index is 1.67. The molecule has 1 aliphatic carbocycles. The summed E-state index contributed by atoms with van der Waals surface area (Å²) < 4.78 is 20.4. The molecule has 1 atom stereocenters. The number of aromatic nitrogens is 3. The van der Waals surface area contributed by atoms with Crippen molar-refractivity contribution in [3.05, 3.63) is 16.7 Å². The van der Waals surface area contributed by atoms with Gasteiger partial charge in [0.2, 0.25) is 0 Å². The summed E-state index contributed by atoms with van der Waals surface area (Å²) in [5.74, 6) is 1.09. The van der Waals surface area contributed by atoms with Gasteiger partial charge in [-0.1, -0.05) is 19.3 Å². The third-order valence-electron chi connectivity index (χ3n) is 3.92. The van der Waals surface area contributed by atoms with Crippen molar-refractivity contribution in [1.82, 2.24) is 14.6 Å². The van der Waals surface area contributed by atoms with Gasteiger partial charge < -0.3 is 10.5 Å². The standard InChI is InChI=1S/C14H19BrN4O2S/c15-11-7-17-19-13(6-12(16)18-14(11)19)22(20)9-21-8-10-4-2-1-3-5-10/h6-7,10H,1-5,8-9H2,(H2,16,18). The SMILES string of the molecule is Nc1cc(S(=O)COCC2CCCCC2)n2ncc(Br)c2n1. The number of rotatable bonds is 5. The van der Waals surface area contributed by atoms with E-state index >= 15 is 0 Å². The van der Waals surface area contributed by atoms with Gasteiger partial charge in [0.25, 0.3) is 0 Å². The Kier molecular flexibility index (Phi) is 5.10. The lowest BCUT2D eigenvalue weighted by molar-refractivity contribution is 0.118. The van der Waals surface area contributed by atoms with Gasteiger partial charge in [0.1, 0.15) is 16.8 Å². The molecule has 1 aliphatic rings. The van der Waals surface area contributed by atoms with Crippen molar-refractivity contribution in [3.63, 3.8) is 0 Å². The molecule has 0 amide bonds. The van der Waals surface area contributed by atoms with Crippen LogP contribution in [-0.4, -0.2) is 31.4 Å². The van der Waals surface area contributed by atoms with Crippen LogP contribution in [0.2, 0.25) is 0 Å². The van der Waals surface area contributed by atoms with Crippen LogP contribution in [0.3, 0.4) is 0 Å². The molecule has 1 saturated carbocycles. The molecular weight excluding hydrogens is 368 g/mol. The minimum Gasteiger partial charge on any atom is -0.384 e. The monoisotopic (exact) mass is 386 g/mol. The summed E-state index contributed by atoms with van der Waals surface area (Å²) in [6, 6.07) is 1.59. The summed E-state index contributed by atoms with van der Waals surface area (Å²) in [7, 11) is -1.32. The molecule has 2 N–H and O–H groups in total. The zero-order valence-electron chi connectivity index (χ0n) is 12.2. The van der Waals surface area contributed by atoms with Gasteiger partial charge in [-0.05, 0) is 34.7 Å². The predicted octanol–water partition coefficient (Wildman–Crippen LogP) is 2.74. The second-order valence-electron chi connectivity index (χ2n) is 5.59. The van der Waals surface area contributed by atoms with Gasteiger partial charge >= 0.3 is 0 Å². The van der Waals surface area contributed by atoms with Gasteiger partial charge in [-0.3, -0.25) is 4.21 Å². The Bertz CT molecular complexity index is 685. The van der Waals surface area contributed by atoms with E-state index < -0.39 is 10.8 Å². The Labute approximate surface area is 140 Å². The molecule has 2 heterocycles. The van der Waals surface area contributed by atoms with Crippen molar-refractivity contribution in [2.24, 2.45) is 5.92 Å². The summed E-state index contributed by atoms with van der Waals surface area (Å²) in [5, 5.41) is 4.69. The summed E-state index contributed by atoms with van der Waals surface area (Å²) in [4.78, 5) is 4.19. The quantitative estimate of drug-likeness (QED) is 0.798. The van der Waals surface area contributed by atoms with E-state index in [1.807, 2.05) is 0 Å². The van der Waals surface area contributed by atoms with Crippen LogP contribution in [0.5, 0.6) is 0 Å². The summed E-state index contributed by atoms with van der Waals surface area (Å²) in [6.45, 7) is 0.679. The Hall–Kier alpha value is -0.990. The highest BCUT2D eigenvalue weighted by Crippen LogP contribution is 2.24. The number of nitrogens with zero attached hydrogens (tertiary/aromatic N) is 3. The molecule has 2 aromatic rings. The second-order valence-corrected chi connectivity index (χ2v) is 7.78. The largest absolute Gasteiger partial charge is 0.384 e. The number of halogens is 1. The van der Waals surface area contributed by atoms with E-state index in [0.29, 0.717) is 29.0 Å². The molecular formula is C14H19BrN4O2S. The van der Waals surface area contributed by atoms with E-state index in [4.69, 9.17) is 10.5 Å². The Morgan fingerprint density at radius 2 is 2.18 bits per heavy atom. The van der Waals surface area contributed by atoms with Crippen LogP contribution in [0.1, 0.15) is 32.1 Å². The summed E-state index contributed by atoms with van der Waals surface area (Å²) in [6.07, 6.45) is 7.92. The van der Waals surface area contributed by atoms with Crippen LogP contribution in [0.4, 0.5) is 5.82 Å². The highest BCUT2D eigenvalue weighted by molar-refractivity contribution is 9.10. The lowest BCUT2D eigenvalue weighted by atomic mass is 9.90. The number of nitrogen functional groups attached to an aromatic ring is 1. The van der Waals surface area contributed by atoms with E-state index in [1.54, 1.807) is 16.8 Å². The third-order valence-corrected chi connectivity index (χ3v) is 5.62. The van der Waals surface area contributed by atoms with Gasteiger partial charge in [-0.2, -0.15) is 5.10 Å². The van der Waals surface area contributed by atoms with Gasteiger partial charge in [0.05, 0.1) is 28.1 Å². The van der Waals surface area contributed by atoms with E-state index in [-0.39, 0.29) is 5.94 Å². The van der Waals surface area contributed by atoms with Crippen molar-refractivity contribution >= 4 is 38.2 Å². The zero-order chi connectivity index (χ0) is 15.5. The van der Waals surface area contributed by atoms with Crippen molar-refractivity contribution in [2.45, 2.75) is 37.1 Å². The van der Waals surface area contributed by atoms with Crippen LogP contribution < -0.4 is 5.73 Å². The van der Waals surface area contributed by atoms with Crippen LogP contribution >= 0.6 is 15.9 Å². The molecule has 3 rings (SSSR count). The van der Waals surface area contributed by atoms with Crippen LogP contribution in [0.25, 0.3) is 5.65 Å². The van der Waals surface area contributed by atoms with Gasteiger partial charge in [0.15, 0.2) is 5.65 Å². The van der Waals surface area contributed by atoms with E-state index in [9.17, 15) is 4.21 Å². The van der Waals surface area contributed by atoms with Crippen molar-refractivity contribution in [1.29, 1.82) is 0 Å². The fourth-order valence-electron chi connectivity index (χ4n) is 2.79. The average Bonchev–Trinajstić information content (AvgIpc) is 2.89. The highest BCUT2D eigenvalue weighted by atomic mass is 79.9. The maximum absolute atomic E-state index is 12.5.